The van der Waals surface area contributed by atoms with Gasteiger partial charge in [-0.05, 0) is 19.1 Å². The van der Waals surface area contributed by atoms with Crippen LogP contribution in [0.25, 0.3) is 10.9 Å². The quantitative estimate of drug-likeness (QED) is 0.696. The highest BCUT2D eigenvalue weighted by Gasteiger charge is 2.08. The molecular formula is C8H6Cl2N2. The Balaban J connectivity index is 2.96. The lowest BCUT2D eigenvalue weighted by molar-refractivity contribution is 1.07. The van der Waals surface area contributed by atoms with E-state index in [-0.39, 0.29) is 0 Å². The van der Waals surface area contributed by atoms with Gasteiger partial charge in [0.2, 0.25) is 0 Å². The number of nitrogens with zero attached hydrogens (tertiary/aromatic N) is 1. The fraction of sp³-hybridized carbons (Fsp3) is 0.125. The van der Waals surface area contributed by atoms with Crippen LogP contribution < -0.4 is 0 Å². The number of aromatic amines is 1. The van der Waals surface area contributed by atoms with Crippen molar-refractivity contribution in [3.8, 4) is 0 Å². The molecule has 0 bridgehead atoms. The van der Waals surface area contributed by atoms with E-state index < -0.39 is 0 Å². The Morgan fingerprint density at radius 2 is 2.08 bits per heavy atom. The summed E-state index contributed by atoms with van der Waals surface area (Å²) in [6, 6.07) is 3.58. The molecular weight excluding hydrogens is 195 g/mol. The summed E-state index contributed by atoms with van der Waals surface area (Å²) in [7, 11) is 0. The van der Waals surface area contributed by atoms with Crippen molar-refractivity contribution in [1.29, 1.82) is 0 Å². The second kappa shape index (κ2) is 2.64. The average Bonchev–Trinajstić information content (AvgIpc) is 2.41. The maximum Gasteiger partial charge on any atom is 0.0939 e. The molecule has 1 aromatic carbocycles. The Kier molecular flexibility index (Phi) is 1.74. The van der Waals surface area contributed by atoms with Gasteiger partial charge < -0.3 is 0 Å². The Bertz CT molecular complexity index is 434. The van der Waals surface area contributed by atoms with Gasteiger partial charge in [-0.1, -0.05) is 23.2 Å². The summed E-state index contributed by atoms with van der Waals surface area (Å²) < 4.78 is 0. The molecule has 12 heavy (non-hydrogen) atoms. The van der Waals surface area contributed by atoms with E-state index in [1.807, 2.05) is 13.0 Å². The van der Waals surface area contributed by atoms with Crippen molar-refractivity contribution in [3.05, 3.63) is 27.9 Å². The van der Waals surface area contributed by atoms with Gasteiger partial charge in [0, 0.05) is 11.1 Å². The van der Waals surface area contributed by atoms with E-state index in [2.05, 4.69) is 10.2 Å². The molecule has 0 saturated carbocycles. The minimum absolute atomic E-state index is 0.564. The maximum atomic E-state index is 5.98. The first-order chi connectivity index (χ1) is 5.70. The smallest absolute Gasteiger partial charge is 0.0939 e. The summed E-state index contributed by atoms with van der Waals surface area (Å²) in [6.45, 7) is 1.91. The molecule has 2 nitrogen and oxygen atoms in total. The molecule has 0 unspecified atom stereocenters. The fourth-order valence-corrected chi connectivity index (χ4v) is 1.65. The molecule has 0 saturated heterocycles. The SMILES string of the molecule is Cc1[nH]nc2ccc(Cl)c(Cl)c12. The molecule has 4 heteroatoms. The number of hydrogen-bond donors (Lipinski definition) is 1. The third-order valence-corrected chi connectivity index (χ3v) is 2.60. The molecule has 62 valence electrons. The first-order valence-electron chi connectivity index (χ1n) is 3.49. The molecule has 0 fully saturated rings. The molecule has 0 spiro atoms. The number of hydrogen-bond acceptors (Lipinski definition) is 1. The molecule has 0 atom stereocenters. The lowest BCUT2D eigenvalue weighted by atomic mass is 10.2. The van der Waals surface area contributed by atoms with Crippen LogP contribution in [0.15, 0.2) is 12.1 Å². The molecule has 0 aliphatic carbocycles. The van der Waals surface area contributed by atoms with Crippen molar-refractivity contribution in [2.75, 3.05) is 0 Å². The van der Waals surface area contributed by atoms with Crippen molar-refractivity contribution in [2.45, 2.75) is 6.92 Å². The van der Waals surface area contributed by atoms with E-state index in [0.717, 1.165) is 16.6 Å². The second-order valence-corrected chi connectivity index (χ2v) is 3.39. The zero-order valence-electron chi connectivity index (χ0n) is 6.36. The number of rotatable bonds is 0. The number of H-pyrrole nitrogens is 1. The van der Waals surface area contributed by atoms with Gasteiger partial charge in [-0.15, -0.1) is 0 Å². The molecule has 0 aliphatic rings. The summed E-state index contributed by atoms with van der Waals surface area (Å²) in [5, 5.41) is 8.94. The van der Waals surface area contributed by atoms with E-state index in [0.29, 0.717) is 10.0 Å². The minimum Gasteiger partial charge on any atom is -0.282 e. The highest BCUT2D eigenvalue weighted by atomic mass is 35.5. The lowest BCUT2D eigenvalue weighted by Gasteiger charge is -1.96. The first-order valence-corrected chi connectivity index (χ1v) is 4.24. The van der Waals surface area contributed by atoms with Crippen LogP contribution >= 0.6 is 23.2 Å². The Morgan fingerprint density at radius 1 is 1.33 bits per heavy atom. The van der Waals surface area contributed by atoms with E-state index in [9.17, 15) is 0 Å². The monoisotopic (exact) mass is 200 g/mol. The van der Waals surface area contributed by atoms with Crippen molar-refractivity contribution >= 4 is 34.1 Å². The van der Waals surface area contributed by atoms with Crippen LogP contribution in [-0.4, -0.2) is 10.2 Å². The highest BCUT2D eigenvalue weighted by Crippen LogP contribution is 2.31. The van der Waals surface area contributed by atoms with E-state index in [4.69, 9.17) is 23.2 Å². The van der Waals surface area contributed by atoms with E-state index in [1.165, 1.54) is 0 Å². The molecule has 1 heterocycles. The predicted molar refractivity (Wildman–Crippen MR) is 50.9 cm³/mol. The zero-order valence-corrected chi connectivity index (χ0v) is 7.87. The standard InChI is InChI=1S/C8H6Cl2N2/c1-4-7-6(12-11-4)3-2-5(9)8(7)10/h2-3H,1H3,(H,11,12). The van der Waals surface area contributed by atoms with E-state index in [1.54, 1.807) is 6.07 Å². The second-order valence-electron chi connectivity index (χ2n) is 2.60. The zero-order chi connectivity index (χ0) is 8.72. The number of fused-ring (bicyclic) bond motifs is 1. The molecule has 0 amide bonds. The minimum atomic E-state index is 0.564. The lowest BCUT2D eigenvalue weighted by Crippen LogP contribution is -1.73. The third-order valence-electron chi connectivity index (χ3n) is 1.79. The van der Waals surface area contributed by atoms with Crippen LogP contribution in [0.2, 0.25) is 10.0 Å². The van der Waals surface area contributed by atoms with Crippen molar-refractivity contribution in [2.24, 2.45) is 0 Å². The summed E-state index contributed by atoms with van der Waals surface area (Å²) in [6.07, 6.45) is 0. The molecule has 2 aromatic rings. The van der Waals surface area contributed by atoms with Gasteiger partial charge in [-0.2, -0.15) is 5.10 Å². The van der Waals surface area contributed by atoms with Gasteiger partial charge >= 0.3 is 0 Å². The maximum absolute atomic E-state index is 5.98. The summed E-state index contributed by atoms with van der Waals surface area (Å²) in [4.78, 5) is 0. The van der Waals surface area contributed by atoms with Crippen LogP contribution in [0.4, 0.5) is 0 Å². The molecule has 0 radical (unpaired) electrons. The fourth-order valence-electron chi connectivity index (χ4n) is 1.19. The Hall–Kier alpha value is -0.730. The predicted octanol–water partition coefficient (Wildman–Crippen LogP) is 3.18. The van der Waals surface area contributed by atoms with Gasteiger partial charge in [0.1, 0.15) is 0 Å². The topological polar surface area (TPSA) is 28.7 Å². The normalized spacial score (nSPS) is 10.9. The number of halogens is 2. The van der Waals surface area contributed by atoms with Gasteiger partial charge in [0.25, 0.3) is 0 Å². The van der Waals surface area contributed by atoms with E-state index >= 15 is 0 Å². The van der Waals surface area contributed by atoms with Crippen molar-refractivity contribution in [3.63, 3.8) is 0 Å². The summed E-state index contributed by atoms with van der Waals surface area (Å²) >= 11 is 11.8. The van der Waals surface area contributed by atoms with Gasteiger partial charge in [0.05, 0.1) is 15.6 Å². The van der Waals surface area contributed by atoms with Crippen LogP contribution in [0.5, 0.6) is 0 Å². The van der Waals surface area contributed by atoms with Crippen LogP contribution in [0.3, 0.4) is 0 Å². The van der Waals surface area contributed by atoms with Gasteiger partial charge in [-0.25, -0.2) is 0 Å². The number of aryl methyl sites for hydroxylation is 1. The van der Waals surface area contributed by atoms with Crippen molar-refractivity contribution < 1.29 is 0 Å². The van der Waals surface area contributed by atoms with Crippen LogP contribution in [0.1, 0.15) is 5.69 Å². The third kappa shape index (κ3) is 0.993. The molecule has 2 rings (SSSR count). The number of benzene rings is 1. The Morgan fingerprint density at radius 3 is 2.83 bits per heavy atom. The summed E-state index contributed by atoms with van der Waals surface area (Å²) in [5.41, 5.74) is 1.79. The number of aromatic nitrogens is 2. The number of nitrogens with one attached hydrogen (secondary N) is 1. The van der Waals surface area contributed by atoms with Crippen molar-refractivity contribution in [1.82, 2.24) is 10.2 Å². The average molecular weight is 201 g/mol. The van der Waals surface area contributed by atoms with Gasteiger partial charge in [-0.3, -0.25) is 5.10 Å². The molecule has 0 aliphatic heterocycles. The molecule has 1 N–H and O–H groups in total. The van der Waals surface area contributed by atoms with Crippen LogP contribution in [0, 0.1) is 6.92 Å². The van der Waals surface area contributed by atoms with Crippen LogP contribution in [-0.2, 0) is 0 Å². The summed E-state index contributed by atoms with van der Waals surface area (Å²) in [5.74, 6) is 0. The van der Waals surface area contributed by atoms with Gasteiger partial charge in [0.15, 0.2) is 0 Å². The largest absolute Gasteiger partial charge is 0.282 e. The highest BCUT2D eigenvalue weighted by molar-refractivity contribution is 6.45. The molecule has 1 aromatic heterocycles. The Labute approximate surface area is 79.5 Å². The first kappa shape index (κ1) is 7.90.